The van der Waals surface area contributed by atoms with Crippen LogP contribution in [-0.4, -0.2) is 29.0 Å². The highest BCUT2D eigenvalue weighted by molar-refractivity contribution is 5.88. The molecule has 0 bridgehead atoms. The van der Waals surface area contributed by atoms with Gasteiger partial charge in [-0.05, 0) is 30.3 Å². The van der Waals surface area contributed by atoms with Crippen LogP contribution < -0.4 is 10.2 Å². The van der Waals surface area contributed by atoms with Crippen LogP contribution in [0.5, 0.6) is 0 Å². The fraction of sp³-hybridized carbons (Fsp3) is 0.143. The molecule has 0 spiro atoms. The van der Waals surface area contributed by atoms with E-state index in [-0.39, 0.29) is 0 Å². The highest BCUT2D eigenvalue weighted by atomic mass is 15.1. The van der Waals surface area contributed by atoms with E-state index in [1.54, 1.807) is 6.33 Å². The topological polar surface area (TPSA) is 56.8 Å². The van der Waals surface area contributed by atoms with Crippen LogP contribution in [0.25, 0.3) is 11.0 Å². The first-order valence-corrected chi connectivity index (χ1v) is 6.06. The average molecular weight is 253 g/mol. The van der Waals surface area contributed by atoms with Gasteiger partial charge in [-0.2, -0.15) is 0 Å². The summed E-state index contributed by atoms with van der Waals surface area (Å²) in [6.45, 7) is 0. The second kappa shape index (κ2) is 4.61. The monoisotopic (exact) mass is 253 g/mol. The zero-order valence-electron chi connectivity index (χ0n) is 10.9. The minimum absolute atomic E-state index is 0.809. The second-order valence-electron chi connectivity index (χ2n) is 4.53. The Labute approximate surface area is 111 Å². The van der Waals surface area contributed by atoms with Crippen molar-refractivity contribution < 1.29 is 0 Å². The van der Waals surface area contributed by atoms with Crippen molar-refractivity contribution in [2.75, 3.05) is 24.3 Å². The van der Waals surface area contributed by atoms with E-state index in [1.165, 1.54) is 5.69 Å². The van der Waals surface area contributed by atoms with Gasteiger partial charge in [0.2, 0.25) is 0 Å². The predicted octanol–water partition coefficient (Wildman–Crippen LogP) is 2.77. The highest BCUT2D eigenvalue weighted by Crippen LogP contribution is 2.23. The maximum atomic E-state index is 4.28. The molecule has 5 heteroatoms. The number of rotatable bonds is 3. The summed E-state index contributed by atoms with van der Waals surface area (Å²) in [4.78, 5) is 13.6. The van der Waals surface area contributed by atoms with E-state index in [9.17, 15) is 0 Å². The molecule has 0 aliphatic rings. The Kier molecular flexibility index (Phi) is 2.79. The van der Waals surface area contributed by atoms with Gasteiger partial charge in [0.1, 0.15) is 17.8 Å². The third kappa shape index (κ3) is 2.22. The maximum absolute atomic E-state index is 4.28. The molecule has 3 aromatic rings. The lowest BCUT2D eigenvalue weighted by atomic mass is 10.2. The third-order valence-electron chi connectivity index (χ3n) is 3.00. The molecule has 0 aliphatic heterocycles. The largest absolute Gasteiger partial charge is 0.378 e. The Morgan fingerprint density at radius 1 is 1.05 bits per heavy atom. The minimum Gasteiger partial charge on any atom is -0.378 e. The Morgan fingerprint density at radius 2 is 1.84 bits per heavy atom. The standard InChI is InChI=1S/C14H15N5/c1-19(2)11-5-3-10(4-6-11)18-14-12-7-8-15-13(12)16-9-17-14/h3-9H,1-2H3,(H2,15,16,17,18). The molecular weight excluding hydrogens is 238 g/mol. The second-order valence-corrected chi connectivity index (χ2v) is 4.53. The number of aromatic nitrogens is 3. The summed E-state index contributed by atoms with van der Waals surface area (Å²) in [6.07, 6.45) is 3.41. The number of H-pyrrole nitrogens is 1. The molecule has 0 radical (unpaired) electrons. The van der Waals surface area contributed by atoms with Gasteiger partial charge in [0.25, 0.3) is 0 Å². The van der Waals surface area contributed by atoms with Crippen molar-refractivity contribution in [2.24, 2.45) is 0 Å². The van der Waals surface area contributed by atoms with E-state index < -0.39 is 0 Å². The number of fused-ring (bicyclic) bond motifs is 1. The van der Waals surface area contributed by atoms with Crippen molar-refractivity contribution in [3.05, 3.63) is 42.9 Å². The fourth-order valence-corrected chi connectivity index (χ4v) is 1.95. The van der Waals surface area contributed by atoms with Gasteiger partial charge < -0.3 is 15.2 Å². The lowest BCUT2D eigenvalue weighted by Gasteiger charge is -2.13. The smallest absolute Gasteiger partial charge is 0.143 e. The number of anilines is 3. The summed E-state index contributed by atoms with van der Waals surface area (Å²) in [5.74, 6) is 0.809. The van der Waals surface area contributed by atoms with Crippen molar-refractivity contribution in [3.63, 3.8) is 0 Å². The van der Waals surface area contributed by atoms with Crippen LogP contribution in [0.3, 0.4) is 0 Å². The molecule has 0 aliphatic carbocycles. The van der Waals surface area contributed by atoms with Crippen molar-refractivity contribution >= 4 is 28.2 Å². The number of aromatic amines is 1. The van der Waals surface area contributed by atoms with Crippen molar-refractivity contribution in [2.45, 2.75) is 0 Å². The highest BCUT2D eigenvalue weighted by Gasteiger charge is 2.04. The quantitative estimate of drug-likeness (QED) is 0.753. The van der Waals surface area contributed by atoms with E-state index in [0.29, 0.717) is 0 Å². The molecular formula is C14H15N5. The summed E-state index contributed by atoms with van der Waals surface area (Å²) in [5, 5.41) is 4.29. The molecule has 0 amide bonds. The Balaban J connectivity index is 1.90. The molecule has 0 saturated carbocycles. The summed E-state index contributed by atoms with van der Waals surface area (Å²) in [5.41, 5.74) is 3.01. The first kappa shape index (κ1) is 11.5. The molecule has 0 fully saturated rings. The van der Waals surface area contributed by atoms with Gasteiger partial charge in [-0.1, -0.05) is 0 Å². The van der Waals surface area contributed by atoms with Crippen LogP contribution in [0.4, 0.5) is 17.2 Å². The molecule has 2 heterocycles. The van der Waals surface area contributed by atoms with Gasteiger partial charge in [-0.25, -0.2) is 9.97 Å². The molecule has 0 atom stereocenters. The van der Waals surface area contributed by atoms with Gasteiger partial charge >= 0.3 is 0 Å². The lowest BCUT2D eigenvalue weighted by Crippen LogP contribution is -2.08. The average Bonchev–Trinajstić information content (AvgIpc) is 2.89. The molecule has 1 aromatic carbocycles. The molecule has 0 saturated heterocycles. The summed E-state index contributed by atoms with van der Waals surface area (Å²) < 4.78 is 0. The summed E-state index contributed by atoms with van der Waals surface area (Å²) in [6, 6.07) is 10.2. The zero-order valence-corrected chi connectivity index (χ0v) is 10.9. The van der Waals surface area contributed by atoms with E-state index in [0.717, 1.165) is 22.5 Å². The van der Waals surface area contributed by atoms with E-state index >= 15 is 0 Å². The van der Waals surface area contributed by atoms with Crippen molar-refractivity contribution in [1.29, 1.82) is 0 Å². The van der Waals surface area contributed by atoms with Crippen LogP contribution in [-0.2, 0) is 0 Å². The van der Waals surface area contributed by atoms with Crippen LogP contribution >= 0.6 is 0 Å². The van der Waals surface area contributed by atoms with Crippen LogP contribution in [0.2, 0.25) is 0 Å². The van der Waals surface area contributed by atoms with Gasteiger partial charge in [-0.15, -0.1) is 0 Å². The summed E-state index contributed by atoms with van der Waals surface area (Å²) in [7, 11) is 4.05. The molecule has 96 valence electrons. The SMILES string of the molecule is CN(C)c1ccc(Nc2ncnc3[nH]ccc23)cc1. The molecule has 2 N–H and O–H groups in total. The third-order valence-corrected chi connectivity index (χ3v) is 3.00. The van der Waals surface area contributed by atoms with Crippen LogP contribution in [0.1, 0.15) is 0 Å². The molecule has 3 rings (SSSR count). The fourth-order valence-electron chi connectivity index (χ4n) is 1.95. The van der Waals surface area contributed by atoms with Gasteiger partial charge in [-0.3, -0.25) is 0 Å². The first-order chi connectivity index (χ1) is 9.24. The normalized spacial score (nSPS) is 10.6. The van der Waals surface area contributed by atoms with E-state index in [1.807, 2.05) is 38.5 Å². The predicted molar refractivity (Wildman–Crippen MR) is 77.9 cm³/mol. The van der Waals surface area contributed by atoms with E-state index in [4.69, 9.17) is 0 Å². The van der Waals surface area contributed by atoms with Crippen molar-refractivity contribution in [3.8, 4) is 0 Å². The Bertz CT molecular complexity index is 684. The first-order valence-electron chi connectivity index (χ1n) is 6.06. The number of nitrogens with zero attached hydrogens (tertiary/aromatic N) is 3. The van der Waals surface area contributed by atoms with Gasteiger partial charge in [0, 0.05) is 31.7 Å². The Hall–Kier alpha value is -2.56. The lowest BCUT2D eigenvalue weighted by molar-refractivity contribution is 1.13. The van der Waals surface area contributed by atoms with Gasteiger partial charge in [0.05, 0.1) is 5.39 Å². The molecule has 5 nitrogen and oxygen atoms in total. The zero-order chi connectivity index (χ0) is 13.2. The van der Waals surface area contributed by atoms with Crippen LogP contribution in [0, 0.1) is 0 Å². The number of nitrogens with one attached hydrogen (secondary N) is 2. The van der Waals surface area contributed by atoms with Gasteiger partial charge in [0.15, 0.2) is 0 Å². The van der Waals surface area contributed by atoms with E-state index in [2.05, 4.69) is 37.3 Å². The molecule has 19 heavy (non-hydrogen) atoms. The number of benzene rings is 1. The number of hydrogen-bond donors (Lipinski definition) is 2. The molecule has 2 aromatic heterocycles. The summed E-state index contributed by atoms with van der Waals surface area (Å²) >= 11 is 0. The minimum atomic E-state index is 0.809. The van der Waals surface area contributed by atoms with Crippen molar-refractivity contribution in [1.82, 2.24) is 15.0 Å². The molecule has 0 unspecified atom stereocenters. The maximum Gasteiger partial charge on any atom is 0.143 e. The van der Waals surface area contributed by atoms with Crippen LogP contribution in [0.15, 0.2) is 42.9 Å². The number of hydrogen-bond acceptors (Lipinski definition) is 4. The Morgan fingerprint density at radius 3 is 2.58 bits per heavy atom.